The first kappa shape index (κ1) is 29.7. The van der Waals surface area contributed by atoms with Gasteiger partial charge in [-0.3, -0.25) is 4.79 Å². The zero-order valence-corrected chi connectivity index (χ0v) is 23.7. The molecular formula is C30H42ClNO4S. The number of ether oxygens (including phenoxy) is 1. The van der Waals surface area contributed by atoms with Crippen LogP contribution in [0.2, 0.25) is 5.02 Å². The number of rotatable bonds is 15. The van der Waals surface area contributed by atoms with E-state index < -0.39 is 10.0 Å². The molecule has 0 aromatic heterocycles. The molecule has 204 valence electrons. The van der Waals surface area contributed by atoms with Crippen molar-refractivity contribution in [3.63, 3.8) is 0 Å². The standard InChI is InChI=1S/C30H42ClNO4S/c1-36-30(33)15-9-13-25-16-18-26(19-17-25)29(32-37(34,35)28-22-20-27(31)21-23-28)14-8-3-2-5-10-24-11-6-4-7-12-24/h16-24,29,32H,2-15H2,1H3. The zero-order chi connectivity index (χ0) is 26.5. The van der Waals surface area contributed by atoms with Crippen LogP contribution >= 0.6 is 11.6 Å². The summed E-state index contributed by atoms with van der Waals surface area (Å²) in [6.07, 6.45) is 15.5. The van der Waals surface area contributed by atoms with E-state index in [4.69, 9.17) is 16.3 Å². The first-order chi connectivity index (χ1) is 17.9. The Morgan fingerprint density at radius 3 is 2.30 bits per heavy atom. The Bertz CT molecular complexity index is 1050. The molecule has 1 aliphatic rings. The van der Waals surface area contributed by atoms with Crippen LogP contribution in [0.5, 0.6) is 0 Å². The number of unbranched alkanes of at least 4 members (excludes halogenated alkanes) is 3. The Kier molecular flexibility index (Phi) is 12.4. The van der Waals surface area contributed by atoms with E-state index in [1.54, 1.807) is 12.1 Å². The fraction of sp³-hybridized carbons (Fsp3) is 0.567. The van der Waals surface area contributed by atoms with Crippen molar-refractivity contribution in [1.29, 1.82) is 0 Å². The molecule has 7 heteroatoms. The number of halogens is 1. The number of aryl methyl sites for hydroxylation is 1. The van der Waals surface area contributed by atoms with Crippen LogP contribution in [0, 0.1) is 5.92 Å². The van der Waals surface area contributed by atoms with Gasteiger partial charge < -0.3 is 4.74 Å². The van der Waals surface area contributed by atoms with Crippen molar-refractivity contribution in [2.24, 2.45) is 5.92 Å². The summed E-state index contributed by atoms with van der Waals surface area (Å²) >= 11 is 5.96. The molecule has 37 heavy (non-hydrogen) atoms. The van der Waals surface area contributed by atoms with Gasteiger partial charge in [0.1, 0.15) is 0 Å². The van der Waals surface area contributed by atoms with Gasteiger partial charge in [0.2, 0.25) is 10.0 Å². The van der Waals surface area contributed by atoms with Crippen molar-refractivity contribution in [3.05, 3.63) is 64.7 Å². The summed E-state index contributed by atoms with van der Waals surface area (Å²) in [6, 6.07) is 14.0. The van der Waals surface area contributed by atoms with E-state index in [9.17, 15) is 13.2 Å². The summed E-state index contributed by atoms with van der Waals surface area (Å²) in [4.78, 5) is 11.6. The average Bonchev–Trinajstić information content (AvgIpc) is 2.91. The Morgan fingerprint density at radius 1 is 0.946 bits per heavy atom. The van der Waals surface area contributed by atoms with Gasteiger partial charge >= 0.3 is 5.97 Å². The molecule has 0 radical (unpaired) electrons. The lowest BCUT2D eigenvalue weighted by Gasteiger charge is -2.21. The highest BCUT2D eigenvalue weighted by Gasteiger charge is 2.21. The van der Waals surface area contributed by atoms with E-state index >= 15 is 0 Å². The van der Waals surface area contributed by atoms with Gasteiger partial charge in [0.05, 0.1) is 12.0 Å². The van der Waals surface area contributed by atoms with Crippen molar-refractivity contribution in [2.75, 3.05) is 7.11 Å². The number of methoxy groups -OCH3 is 1. The van der Waals surface area contributed by atoms with Crippen molar-refractivity contribution in [3.8, 4) is 0 Å². The van der Waals surface area contributed by atoms with Crippen LogP contribution in [0.15, 0.2) is 53.4 Å². The van der Waals surface area contributed by atoms with Crippen molar-refractivity contribution in [1.82, 2.24) is 4.72 Å². The van der Waals surface area contributed by atoms with Gasteiger partial charge in [-0.1, -0.05) is 100 Å². The lowest BCUT2D eigenvalue weighted by Crippen LogP contribution is -2.28. The third-order valence-electron chi connectivity index (χ3n) is 7.46. The van der Waals surface area contributed by atoms with Crippen LogP contribution in [0.4, 0.5) is 0 Å². The molecule has 0 bridgehead atoms. The monoisotopic (exact) mass is 547 g/mol. The Balaban J connectivity index is 1.58. The van der Waals surface area contributed by atoms with E-state index in [2.05, 4.69) is 4.72 Å². The fourth-order valence-electron chi connectivity index (χ4n) is 5.23. The van der Waals surface area contributed by atoms with E-state index in [-0.39, 0.29) is 16.9 Å². The molecule has 1 N–H and O–H groups in total. The number of benzene rings is 2. The van der Waals surface area contributed by atoms with Crippen LogP contribution in [0.1, 0.15) is 101 Å². The minimum absolute atomic E-state index is 0.202. The molecule has 0 saturated heterocycles. The van der Waals surface area contributed by atoms with E-state index in [0.29, 0.717) is 11.4 Å². The van der Waals surface area contributed by atoms with Crippen molar-refractivity contribution < 1.29 is 17.9 Å². The van der Waals surface area contributed by atoms with Gasteiger partial charge in [-0.15, -0.1) is 0 Å². The predicted octanol–water partition coefficient (Wildman–Crippen LogP) is 7.78. The van der Waals surface area contributed by atoms with Gasteiger partial charge in [0.15, 0.2) is 0 Å². The van der Waals surface area contributed by atoms with Crippen molar-refractivity contribution >= 4 is 27.6 Å². The number of esters is 1. The highest BCUT2D eigenvalue weighted by atomic mass is 35.5. The smallest absolute Gasteiger partial charge is 0.305 e. The van der Waals surface area contributed by atoms with Gasteiger partial charge in [-0.05, 0) is 60.6 Å². The summed E-state index contributed by atoms with van der Waals surface area (Å²) in [5.41, 5.74) is 2.08. The number of nitrogens with one attached hydrogen (secondary N) is 1. The van der Waals surface area contributed by atoms with Gasteiger partial charge in [0, 0.05) is 17.5 Å². The van der Waals surface area contributed by atoms with E-state index in [1.807, 2.05) is 24.3 Å². The third-order valence-corrected chi connectivity index (χ3v) is 9.20. The van der Waals surface area contributed by atoms with Crippen LogP contribution in [0.3, 0.4) is 0 Å². The largest absolute Gasteiger partial charge is 0.469 e. The minimum Gasteiger partial charge on any atom is -0.469 e. The summed E-state index contributed by atoms with van der Waals surface area (Å²) in [6.45, 7) is 0. The predicted molar refractivity (Wildman–Crippen MR) is 150 cm³/mol. The molecule has 0 spiro atoms. The number of carbonyl (C=O) groups excluding carboxylic acids is 1. The molecule has 2 aromatic rings. The summed E-state index contributed by atoms with van der Waals surface area (Å²) < 4.78 is 33.9. The maximum atomic E-state index is 13.1. The normalized spacial score (nSPS) is 15.4. The van der Waals surface area contributed by atoms with Crippen LogP contribution in [-0.2, 0) is 26.0 Å². The number of sulfonamides is 1. The lowest BCUT2D eigenvalue weighted by molar-refractivity contribution is -0.140. The Morgan fingerprint density at radius 2 is 1.62 bits per heavy atom. The maximum absolute atomic E-state index is 13.1. The molecule has 5 nitrogen and oxygen atoms in total. The molecule has 1 saturated carbocycles. The highest BCUT2D eigenvalue weighted by Crippen LogP contribution is 2.29. The first-order valence-corrected chi connectivity index (χ1v) is 15.7. The Labute approximate surface area is 228 Å². The second kappa shape index (κ2) is 15.5. The second-order valence-electron chi connectivity index (χ2n) is 10.3. The fourth-order valence-corrected chi connectivity index (χ4v) is 6.61. The molecule has 1 aliphatic carbocycles. The second-order valence-corrected chi connectivity index (χ2v) is 12.4. The van der Waals surface area contributed by atoms with E-state index in [0.717, 1.165) is 49.1 Å². The minimum atomic E-state index is -3.68. The quantitative estimate of drug-likeness (QED) is 0.182. The summed E-state index contributed by atoms with van der Waals surface area (Å²) in [7, 11) is -2.28. The van der Waals surface area contributed by atoms with Crippen LogP contribution in [-0.4, -0.2) is 21.5 Å². The summed E-state index contributed by atoms with van der Waals surface area (Å²) in [5, 5.41) is 0.506. The van der Waals surface area contributed by atoms with Crippen LogP contribution < -0.4 is 4.72 Å². The molecule has 2 aromatic carbocycles. The zero-order valence-electron chi connectivity index (χ0n) is 22.1. The third kappa shape index (κ3) is 10.4. The highest BCUT2D eigenvalue weighted by molar-refractivity contribution is 7.89. The average molecular weight is 548 g/mol. The number of hydrogen-bond acceptors (Lipinski definition) is 4. The number of carbonyl (C=O) groups is 1. The molecule has 0 amide bonds. The SMILES string of the molecule is COC(=O)CCCc1ccc(C(CCCCCCC2CCCCC2)NS(=O)(=O)c2ccc(Cl)cc2)cc1. The molecule has 1 atom stereocenters. The lowest BCUT2D eigenvalue weighted by atomic mass is 9.85. The van der Waals surface area contributed by atoms with Gasteiger partial charge in [-0.2, -0.15) is 0 Å². The Hall–Kier alpha value is -1.89. The van der Waals surface area contributed by atoms with E-state index in [1.165, 1.54) is 70.6 Å². The molecule has 0 aliphatic heterocycles. The maximum Gasteiger partial charge on any atom is 0.305 e. The van der Waals surface area contributed by atoms with Gasteiger partial charge in [0.25, 0.3) is 0 Å². The van der Waals surface area contributed by atoms with Crippen LogP contribution in [0.25, 0.3) is 0 Å². The summed E-state index contributed by atoms with van der Waals surface area (Å²) in [5.74, 6) is 0.714. The van der Waals surface area contributed by atoms with Crippen molar-refractivity contribution in [2.45, 2.75) is 101 Å². The topological polar surface area (TPSA) is 72.5 Å². The molecule has 0 heterocycles. The van der Waals surface area contributed by atoms with Gasteiger partial charge in [-0.25, -0.2) is 13.1 Å². The number of hydrogen-bond donors (Lipinski definition) is 1. The molecule has 1 unspecified atom stereocenters. The molecular weight excluding hydrogens is 506 g/mol. The first-order valence-electron chi connectivity index (χ1n) is 13.8. The molecule has 1 fully saturated rings. The molecule has 3 rings (SSSR count).